The number of carbonyl (C=O) groups excluding carboxylic acids is 1. The second-order valence-electron chi connectivity index (χ2n) is 5.32. The number of rotatable bonds is 3. The minimum absolute atomic E-state index is 0.00103. The van der Waals surface area contributed by atoms with Gasteiger partial charge in [0.15, 0.2) is 0 Å². The van der Waals surface area contributed by atoms with Crippen LogP contribution in [0.15, 0.2) is 22.7 Å². The minimum atomic E-state index is -0.789. The summed E-state index contributed by atoms with van der Waals surface area (Å²) < 4.78 is 0.880. The third-order valence-corrected chi connectivity index (χ3v) is 4.19. The van der Waals surface area contributed by atoms with Gasteiger partial charge in [-0.15, -0.1) is 0 Å². The summed E-state index contributed by atoms with van der Waals surface area (Å²) in [5.74, 6) is -0.723. The van der Waals surface area contributed by atoms with Crippen molar-refractivity contribution in [1.82, 2.24) is 4.90 Å². The zero-order valence-electron chi connectivity index (χ0n) is 11.4. The third kappa shape index (κ3) is 3.60. The predicted octanol–water partition coefficient (Wildman–Crippen LogP) is 3.08. The number of aryl methyl sites for hydroxylation is 1. The highest BCUT2D eigenvalue weighted by molar-refractivity contribution is 9.10. The lowest BCUT2D eigenvalue weighted by molar-refractivity contribution is -0.138. The molecule has 4 nitrogen and oxygen atoms in total. The van der Waals surface area contributed by atoms with Crippen LogP contribution in [-0.2, 0) is 4.79 Å². The van der Waals surface area contributed by atoms with Crippen molar-refractivity contribution in [3.8, 4) is 0 Å². The SMILES string of the molecule is Cc1ccc(Br)cc1C(=O)N1CCCC(CC(=O)O)C1. The Bertz CT molecular complexity index is 530. The van der Waals surface area contributed by atoms with Gasteiger partial charge in [0.25, 0.3) is 5.91 Å². The Morgan fingerprint density at radius 1 is 1.45 bits per heavy atom. The van der Waals surface area contributed by atoms with Gasteiger partial charge in [-0.3, -0.25) is 9.59 Å². The molecule has 0 aliphatic carbocycles. The number of aliphatic carboxylic acids is 1. The van der Waals surface area contributed by atoms with E-state index in [0.29, 0.717) is 18.7 Å². The van der Waals surface area contributed by atoms with Crippen LogP contribution in [0, 0.1) is 12.8 Å². The van der Waals surface area contributed by atoms with Gasteiger partial charge in [-0.1, -0.05) is 22.0 Å². The Hall–Kier alpha value is -1.36. The molecule has 1 amide bonds. The second-order valence-corrected chi connectivity index (χ2v) is 6.23. The van der Waals surface area contributed by atoms with Crippen molar-refractivity contribution in [1.29, 1.82) is 0 Å². The third-order valence-electron chi connectivity index (χ3n) is 3.70. The molecule has 0 saturated carbocycles. The van der Waals surface area contributed by atoms with Crippen LogP contribution in [0.4, 0.5) is 0 Å². The zero-order chi connectivity index (χ0) is 14.7. The number of hydrogen-bond donors (Lipinski definition) is 1. The topological polar surface area (TPSA) is 57.6 Å². The number of nitrogens with zero attached hydrogens (tertiary/aromatic N) is 1. The van der Waals surface area contributed by atoms with Gasteiger partial charge in [0, 0.05) is 29.5 Å². The Balaban J connectivity index is 2.12. The van der Waals surface area contributed by atoms with Gasteiger partial charge in [0.1, 0.15) is 0 Å². The van der Waals surface area contributed by atoms with Crippen molar-refractivity contribution in [2.75, 3.05) is 13.1 Å². The number of carboxylic acid groups (broad SMARTS) is 1. The van der Waals surface area contributed by atoms with Crippen LogP contribution in [0.3, 0.4) is 0 Å². The molecule has 1 aromatic rings. The highest BCUT2D eigenvalue weighted by Crippen LogP contribution is 2.23. The van der Waals surface area contributed by atoms with Crippen LogP contribution in [0.25, 0.3) is 0 Å². The van der Waals surface area contributed by atoms with Crippen LogP contribution < -0.4 is 0 Å². The van der Waals surface area contributed by atoms with Gasteiger partial charge in [-0.25, -0.2) is 0 Å². The first-order valence-corrected chi connectivity index (χ1v) is 7.54. The fourth-order valence-electron chi connectivity index (χ4n) is 2.66. The van der Waals surface area contributed by atoms with E-state index in [9.17, 15) is 9.59 Å². The minimum Gasteiger partial charge on any atom is -0.481 e. The van der Waals surface area contributed by atoms with Gasteiger partial charge in [0.2, 0.25) is 0 Å². The maximum atomic E-state index is 12.6. The number of benzene rings is 1. The lowest BCUT2D eigenvalue weighted by Crippen LogP contribution is -2.40. The number of hydrogen-bond acceptors (Lipinski definition) is 2. The summed E-state index contributed by atoms with van der Waals surface area (Å²) in [5.41, 5.74) is 1.63. The van der Waals surface area contributed by atoms with Gasteiger partial charge in [-0.2, -0.15) is 0 Å². The number of amides is 1. The Morgan fingerprint density at radius 2 is 2.20 bits per heavy atom. The maximum Gasteiger partial charge on any atom is 0.303 e. The van der Waals surface area contributed by atoms with E-state index in [0.717, 1.165) is 22.9 Å². The largest absolute Gasteiger partial charge is 0.481 e. The molecule has 0 bridgehead atoms. The summed E-state index contributed by atoms with van der Waals surface area (Å²) in [6.07, 6.45) is 1.89. The molecule has 5 heteroatoms. The van der Waals surface area contributed by atoms with Crippen molar-refractivity contribution < 1.29 is 14.7 Å². The summed E-state index contributed by atoms with van der Waals surface area (Å²) in [6.45, 7) is 3.16. The Morgan fingerprint density at radius 3 is 2.90 bits per heavy atom. The van der Waals surface area contributed by atoms with Crippen LogP contribution in [-0.4, -0.2) is 35.0 Å². The fraction of sp³-hybridized carbons (Fsp3) is 0.467. The van der Waals surface area contributed by atoms with E-state index < -0.39 is 5.97 Å². The summed E-state index contributed by atoms with van der Waals surface area (Å²) in [5, 5.41) is 8.88. The summed E-state index contributed by atoms with van der Waals surface area (Å²) in [7, 11) is 0. The van der Waals surface area contributed by atoms with E-state index in [1.165, 1.54) is 0 Å². The molecule has 108 valence electrons. The molecule has 0 aromatic heterocycles. The van der Waals surface area contributed by atoms with Gasteiger partial charge in [0.05, 0.1) is 0 Å². The molecule has 0 radical (unpaired) electrons. The van der Waals surface area contributed by atoms with E-state index in [4.69, 9.17) is 5.11 Å². The lowest BCUT2D eigenvalue weighted by Gasteiger charge is -2.32. The highest BCUT2D eigenvalue weighted by atomic mass is 79.9. The zero-order valence-corrected chi connectivity index (χ0v) is 13.0. The van der Waals surface area contributed by atoms with Crippen LogP contribution >= 0.6 is 15.9 Å². The quantitative estimate of drug-likeness (QED) is 0.920. The van der Waals surface area contributed by atoms with E-state index in [1.54, 1.807) is 4.90 Å². The average Bonchev–Trinajstić information content (AvgIpc) is 2.40. The van der Waals surface area contributed by atoms with Crippen molar-refractivity contribution in [3.63, 3.8) is 0 Å². The molecule has 1 saturated heterocycles. The van der Waals surface area contributed by atoms with E-state index >= 15 is 0 Å². The normalized spacial score (nSPS) is 18.9. The van der Waals surface area contributed by atoms with Crippen LogP contribution in [0.2, 0.25) is 0 Å². The maximum absolute atomic E-state index is 12.6. The van der Waals surface area contributed by atoms with E-state index in [2.05, 4.69) is 15.9 Å². The molecule has 1 unspecified atom stereocenters. The van der Waals surface area contributed by atoms with Gasteiger partial charge < -0.3 is 10.0 Å². The molecule has 1 aromatic carbocycles. The number of piperidine rings is 1. The fourth-order valence-corrected chi connectivity index (χ4v) is 3.02. The summed E-state index contributed by atoms with van der Waals surface area (Å²) >= 11 is 3.38. The number of carbonyl (C=O) groups is 2. The first kappa shape index (κ1) is 15.0. The van der Waals surface area contributed by atoms with Crippen LogP contribution in [0.5, 0.6) is 0 Å². The molecular weight excluding hydrogens is 322 g/mol. The molecule has 20 heavy (non-hydrogen) atoms. The molecule has 1 aliphatic rings. The standard InChI is InChI=1S/C15H18BrNO3/c1-10-4-5-12(16)8-13(10)15(20)17-6-2-3-11(9-17)7-14(18)19/h4-5,8,11H,2-3,6-7,9H2,1H3,(H,18,19). The molecule has 2 rings (SSSR count). The van der Waals surface area contributed by atoms with Crippen molar-refractivity contribution in [3.05, 3.63) is 33.8 Å². The van der Waals surface area contributed by atoms with Gasteiger partial charge in [-0.05, 0) is 43.4 Å². The number of carboxylic acids is 1. The molecule has 1 heterocycles. The van der Waals surface area contributed by atoms with Crippen molar-refractivity contribution in [2.24, 2.45) is 5.92 Å². The summed E-state index contributed by atoms with van der Waals surface area (Å²) in [4.78, 5) is 25.1. The van der Waals surface area contributed by atoms with E-state index in [1.807, 2.05) is 25.1 Å². The van der Waals surface area contributed by atoms with E-state index in [-0.39, 0.29) is 18.2 Å². The molecule has 0 spiro atoms. The molecule has 1 aliphatic heterocycles. The lowest BCUT2D eigenvalue weighted by atomic mass is 9.94. The molecular formula is C15H18BrNO3. The molecule has 1 fully saturated rings. The van der Waals surface area contributed by atoms with Crippen molar-refractivity contribution in [2.45, 2.75) is 26.2 Å². The second kappa shape index (κ2) is 6.39. The molecule has 1 atom stereocenters. The number of halogens is 1. The highest BCUT2D eigenvalue weighted by Gasteiger charge is 2.26. The van der Waals surface area contributed by atoms with Gasteiger partial charge >= 0.3 is 5.97 Å². The average molecular weight is 340 g/mol. The first-order chi connectivity index (χ1) is 9.47. The smallest absolute Gasteiger partial charge is 0.303 e. The Labute approximate surface area is 126 Å². The monoisotopic (exact) mass is 339 g/mol. The summed E-state index contributed by atoms with van der Waals surface area (Å²) in [6, 6.07) is 5.66. The Kier molecular flexibility index (Phi) is 4.81. The number of likely N-dealkylation sites (tertiary alicyclic amines) is 1. The van der Waals surface area contributed by atoms with Crippen LogP contribution in [0.1, 0.15) is 35.2 Å². The first-order valence-electron chi connectivity index (χ1n) is 6.74. The van der Waals surface area contributed by atoms with Crippen molar-refractivity contribution >= 4 is 27.8 Å². The molecule has 1 N–H and O–H groups in total. The predicted molar refractivity (Wildman–Crippen MR) is 79.8 cm³/mol.